The number of aromatic hydroxyl groups is 5. The molecule has 2 rings (SSSR count). The average molecular weight is 276 g/mol. The summed E-state index contributed by atoms with van der Waals surface area (Å²) in [5, 5.41) is 48.2. The SMILES string of the molecule is CC(C)(c1ccc(O)c(O)c1)c1c(O)cc(O)cc1O. The van der Waals surface area contributed by atoms with Crippen molar-refractivity contribution < 1.29 is 25.5 Å². The van der Waals surface area contributed by atoms with Crippen LogP contribution in [0.1, 0.15) is 25.0 Å². The predicted molar refractivity (Wildman–Crippen MR) is 73.3 cm³/mol. The van der Waals surface area contributed by atoms with E-state index < -0.39 is 5.41 Å². The minimum Gasteiger partial charge on any atom is -0.508 e. The van der Waals surface area contributed by atoms with Crippen LogP contribution in [0.2, 0.25) is 0 Å². The minimum absolute atomic E-state index is 0.223. The Kier molecular flexibility index (Phi) is 3.13. The van der Waals surface area contributed by atoms with E-state index in [9.17, 15) is 25.5 Å². The lowest BCUT2D eigenvalue weighted by Crippen LogP contribution is -2.19. The second-order valence-electron chi connectivity index (χ2n) is 5.19. The summed E-state index contributed by atoms with van der Waals surface area (Å²) in [5.41, 5.74) is -0.0305. The quantitative estimate of drug-likeness (QED) is 0.543. The summed E-state index contributed by atoms with van der Waals surface area (Å²) in [7, 11) is 0. The zero-order valence-corrected chi connectivity index (χ0v) is 11.1. The van der Waals surface area contributed by atoms with Crippen molar-refractivity contribution in [3.63, 3.8) is 0 Å². The van der Waals surface area contributed by atoms with Crippen molar-refractivity contribution in [1.29, 1.82) is 0 Å². The molecular formula is C15H16O5. The smallest absolute Gasteiger partial charge is 0.157 e. The molecular weight excluding hydrogens is 260 g/mol. The molecule has 0 aliphatic carbocycles. The number of benzene rings is 2. The van der Waals surface area contributed by atoms with Gasteiger partial charge in [-0.15, -0.1) is 0 Å². The highest BCUT2D eigenvalue weighted by atomic mass is 16.3. The van der Waals surface area contributed by atoms with Crippen LogP contribution in [0.25, 0.3) is 0 Å². The first-order valence-corrected chi connectivity index (χ1v) is 6.01. The first-order valence-electron chi connectivity index (χ1n) is 6.01. The highest BCUT2D eigenvalue weighted by molar-refractivity contribution is 5.57. The van der Waals surface area contributed by atoms with Gasteiger partial charge in [-0.05, 0) is 17.7 Å². The van der Waals surface area contributed by atoms with Crippen molar-refractivity contribution in [3.05, 3.63) is 41.5 Å². The first kappa shape index (κ1) is 13.9. The second kappa shape index (κ2) is 4.52. The maximum Gasteiger partial charge on any atom is 0.157 e. The van der Waals surface area contributed by atoms with Crippen LogP contribution < -0.4 is 0 Å². The fourth-order valence-corrected chi connectivity index (χ4v) is 2.29. The molecule has 0 aromatic heterocycles. The lowest BCUT2D eigenvalue weighted by molar-refractivity contribution is 0.396. The van der Waals surface area contributed by atoms with Gasteiger partial charge in [0.2, 0.25) is 0 Å². The van der Waals surface area contributed by atoms with E-state index in [4.69, 9.17) is 0 Å². The summed E-state index contributed by atoms with van der Waals surface area (Å²) in [6.07, 6.45) is 0. The molecule has 0 atom stereocenters. The van der Waals surface area contributed by atoms with E-state index in [1.54, 1.807) is 19.9 Å². The van der Waals surface area contributed by atoms with Crippen LogP contribution in [0.3, 0.4) is 0 Å². The molecule has 0 heterocycles. The van der Waals surface area contributed by atoms with Crippen molar-refractivity contribution in [3.8, 4) is 28.7 Å². The zero-order chi connectivity index (χ0) is 15.1. The van der Waals surface area contributed by atoms with Gasteiger partial charge < -0.3 is 25.5 Å². The summed E-state index contributed by atoms with van der Waals surface area (Å²) in [6, 6.07) is 6.55. The van der Waals surface area contributed by atoms with E-state index in [1.807, 2.05) is 0 Å². The van der Waals surface area contributed by atoms with E-state index in [2.05, 4.69) is 0 Å². The Hall–Kier alpha value is -2.56. The fourth-order valence-electron chi connectivity index (χ4n) is 2.29. The van der Waals surface area contributed by atoms with Crippen molar-refractivity contribution >= 4 is 0 Å². The number of hydrogen-bond donors (Lipinski definition) is 5. The third-order valence-corrected chi connectivity index (χ3v) is 3.40. The van der Waals surface area contributed by atoms with Crippen molar-refractivity contribution in [2.75, 3.05) is 0 Å². The number of phenols is 5. The van der Waals surface area contributed by atoms with Crippen LogP contribution in [-0.2, 0) is 5.41 Å². The molecule has 20 heavy (non-hydrogen) atoms. The average Bonchev–Trinajstić information content (AvgIpc) is 2.30. The van der Waals surface area contributed by atoms with Gasteiger partial charge in [0, 0.05) is 23.1 Å². The highest BCUT2D eigenvalue weighted by Crippen LogP contribution is 2.45. The van der Waals surface area contributed by atoms with Crippen LogP contribution in [0.15, 0.2) is 30.3 Å². The van der Waals surface area contributed by atoms with Crippen LogP contribution in [0.5, 0.6) is 28.7 Å². The monoisotopic (exact) mass is 276 g/mol. The van der Waals surface area contributed by atoms with Gasteiger partial charge in [0.25, 0.3) is 0 Å². The number of phenolic OH excluding ortho intramolecular Hbond substituents is 5. The lowest BCUT2D eigenvalue weighted by Gasteiger charge is -2.28. The van der Waals surface area contributed by atoms with Crippen molar-refractivity contribution in [1.82, 2.24) is 0 Å². The molecule has 0 spiro atoms. The van der Waals surface area contributed by atoms with Crippen molar-refractivity contribution in [2.45, 2.75) is 19.3 Å². The van der Waals surface area contributed by atoms with Gasteiger partial charge in [0.15, 0.2) is 11.5 Å². The highest BCUT2D eigenvalue weighted by Gasteiger charge is 2.30. The molecule has 2 aromatic rings. The van der Waals surface area contributed by atoms with Gasteiger partial charge in [-0.3, -0.25) is 0 Å². The molecule has 0 aliphatic rings. The molecule has 0 unspecified atom stereocenters. The second-order valence-corrected chi connectivity index (χ2v) is 5.19. The molecule has 106 valence electrons. The summed E-state index contributed by atoms with van der Waals surface area (Å²) in [4.78, 5) is 0. The summed E-state index contributed by atoms with van der Waals surface area (Å²) in [5.74, 6) is -1.27. The van der Waals surface area contributed by atoms with Gasteiger partial charge in [0.1, 0.15) is 17.2 Å². The van der Waals surface area contributed by atoms with Crippen LogP contribution >= 0.6 is 0 Å². The molecule has 0 fully saturated rings. The summed E-state index contributed by atoms with van der Waals surface area (Å²) < 4.78 is 0. The van der Waals surface area contributed by atoms with E-state index in [1.165, 1.54) is 12.1 Å². The third kappa shape index (κ3) is 2.18. The molecule has 0 saturated carbocycles. The summed E-state index contributed by atoms with van der Waals surface area (Å²) in [6.45, 7) is 3.48. The van der Waals surface area contributed by atoms with Gasteiger partial charge in [-0.1, -0.05) is 19.9 Å². The minimum atomic E-state index is -0.840. The zero-order valence-electron chi connectivity index (χ0n) is 11.1. The Morgan fingerprint density at radius 1 is 0.700 bits per heavy atom. The largest absolute Gasteiger partial charge is 0.508 e. The van der Waals surface area contributed by atoms with Gasteiger partial charge >= 0.3 is 0 Å². The molecule has 5 N–H and O–H groups in total. The Morgan fingerprint density at radius 2 is 1.25 bits per heavy atom. The molecule has 0 bridgehead atoms. The molecule has 2 aromatic carbocycles. The number of rotatable bonds is 2. The summed E-state index contributed by atoms with van der Waals surface area (Å²) >= 11 is 0. The molecule has 0 aliphatic heterocycles. The molecule has 0 radical (unpaired) electrons. The molecule has 5 heteroatoms. The Labute approximate surface area is 116 Å². The third-order valence-electron chi connectivity index (χ3n) is 3.40. The normalized spacial score (nSPS) is 11.5. The molecule has 0 saturated heterocycles. The van der Waals surface area contributed by atoms with E-state index in [-0.39, 0.29) is 34.3 Å². The maximum absolute atomic E-state index is 9.96. The van der Waals surface area contributed by atoms with E-state index in [0.717, 1.165) is 12.1 Å². The molecule has 5 nitrogen and oxygen atoms in total. The fraction of sp³-hybridized carbons (Fsp3) is 0.200. The maximum atomic E-state index is 9.96. The topological polar surface area (TPSA) is 101 Å². The van der Waals surface area contributed by atoms with Gasteiger partial charge in [-0.2, -0.15) is 0 Å². The predicted octanol–water partition coefficient (Wildman–Crippen LogP) is 2.54. The van der Waals surface area contributed by atoms with Crippen LogP contribution in [0.4, 0.5) is 0 Å². The standard InChI is InChI=1S/C15H16O5/c1-15(2,8-3-4-10(17)11(18)5-8)14-12(19)6-9(16)7-13(14)20/h3-7,16-20H,1-2H3. The Morgan fingerprint density at radius 3 is 1.75 bits per heavy atom. The first-order chi connectivity index (χ1) is 9.23. The lowest BCUT2D eigenvalue weighted by atomic mass is 9.77. The van der Waals surface area contributed by atoms with E-state index >= 15 is 0 Å². The van der Waals surface area contributed by atoms with Gasteiger partial charge in [-0.25, -0.2) is 0 Å². The Balaban J connectivity index is 2.63. The Bertz CT molecular complexity index is 638. The molecule has 0 amide bonds. The van der Waals surface area contributed by atoms with Crippen molar-refractivity contribution in [2.24, 2.45) is 0 Å². The number of hydrogen-bond acceptors (Lipinski definition) is 5. The van der Waals surface area contributed by atoms with Gasteiger partial charge in [0.05, 0.1) is 0 Å². The van der Waals surface area contributed by atoms with Crippen LogP contribution in [0, 0.1) is 0 Å². The van der Waals surface area contributed by atoms with E-state index in [0.29, 0.717) is 5.56 Å². The van der Waals surface area contributed by atoms with Crippen LogP contribution in [-0.4, -0.2) is 25.5 Å².